The topological polar surface area (TPSA) is 57.7 Å². The molecule has 1 heterocycles. The van der Waals surface area contributed by atoms with Gasteiger partial charge in [0.15, 0.2) is 11.3 Å². The summed E-state index contributed by atoms with van der Waals surface area (Å²) >= 11 is 0. The minimum Gasteiger partial charge on any atom is -0.477 e. The van der Waals surface area contributed by atoms with E-state index >= 15 is 0 Å². The van der Waals surface area contributed by atoms with Crippen LogP contribution in [0.4, 0.5) is 5.69 Å². The minimum absolute atomic E-state index is 0.00171. The van der Waals surface area contributed by atoms with Gasteiger partial charge in [-0.3, -0.25) is 4.79 Å². The summed E-state index contributed by atoms with van der Waals surface area (Å²) in [6, 6.07) is 1.16. The first-order valence-corrected chi connectivity index (χ1v) is 8.64. The monoisotopic (exact) mass is 381 g/mol. The van der Waals surface area contributed by atoms with Gasteiger partial charge in [-0.25, -0.2) is 4.85 Å². The molecule has 5 nitrogen and oxygen atoms in total. The summed E-state index contributed by atoms with van der Waals surface area (Å²) in [6.07, 6.45) is 0.330. The molecular formula is C23H23N3O2. The van der Waals surface area contributed by atoms with Gasteiger partial charge in [-0.05, 0) is 51.2 Å². The van der Waals surface area contributed by atoms with E-state index in [-0.39, 0.29) is 35.5 Å². The first-order valence-electron chi connectivity index (χ1n) is 12.6. The SMILES string of the molecule is [2H]c1c([2H])c([C@]2([2H])CCCN2C(=O)C(C)(C)Oc2ccc([N+]#[C-])cc2C#N)c([2H])c([2H])c1C([2H])([2H])[2H]. The van der Waals surface area contributed by atoms with Crippen molar-refractivity contribution in [1.82, 2.24) is 4.90 Å². The van der Waals surface area contributed by atoms with Gasteiger partial charge in [0.1, 0.15) is 11.8 Å². The number of hydrogen-bond acceptors (Lipinski definition) is 3. The maximum Gasteiger partial charge on any atom is 0.266 e. The Labute approximate surface area is 177 Å². The molecule has 0 saturated carbocycles. The molecule has 0 unspecified atom stereocenters. The fourth-order valence-corrected chi connectivity index (χ4v) is 3.02. The molecule has 2 aromatic rings. The van der Waals surface area contributed by atoms with Gasteiger partial charge in [0.05, 0.1) is 25.0 Å². The van der Waals surface area contributed by atoms with E-state index in [1.165, 1.54) is 32.0 Å². The molecule has 1 saturated heterocycles. The second-order valence-corrected chi connectivity index (χ2v) is 6.77. The first-order chi connectivity index (χ1) is 16.6. The van der Waals surface area contributed by atoms with Gasteiger partial charge in [0.25, 0.3) is 5.91 Å². The summed E-state index contributed by atoms with van der Waals surface area (Å²) < 4.78 is 70.9. The molecule has 28 heavy (non-hydrogen) atoms. The summed E-state index contributed by atoms with van der Waals surface area (Å²) in [5.41, 5.74) is -2.47. The van der Waals surface area contributed by atoms with Crippen molar-refractivity contribution in [3.8, 4) is 11.8 Å². The Morgan fingerprint density at radius 3 is 2.86 bits per heavy atom. The Kier molecular flexibility index (Phi) is 3.18. The molecule has 1 aliphatic heterocycles. The largest absolute Gasteiger partial charge is 0.477 e. The molecule has 1 fully saturated rings. The van der Waals surface area contributed by atoms with Crippen molar-refractivity contribution < 1.29 is 20.5 Å². The van der Waals surface area contributed by atoms with E-state index in [1.54, 1.807) is 0 Å². The molecule has 0 spiro atoms. The Bertz CT molecular complexity index is 1300. The summed E-state index contributed by atoms with van der Waals surface area (Å²) in [5, 5.41) is 9.43. The standard InChI is InChI=1S/C23H23N3O2/c1-16-7-9-17(10-8-16)20-6-5-13-26(20)22(27)23(2,3)28-21-12-11-19(25-4)14-18(21)15-24/h7-12,14,20H,5-6,13H2,1-3H3/t20-/m0/s1/i1D3,7D,8D,9D,10D,20D. The van der Waals surface area contributed by atoms with E-state index in [0.29, 0.717) is 6.42 Å². The van der Waals surface area contributed by atoms with Gasteiger partial charge in [0, 0.05) is 10.7 Å². The van der Waals surface area contributed by atoms with Crippen LogP contribution in [0.15, 0.2) is 42.4 Å². The Hall–Kier alpha value is -3.31. The molecule has 5 heteroatoms. The van der Waals surface area contributed by atoms with Crippen LogP contribution in [-0.4, -0.2) is 23.0 Å². The number of carbonyl (C=O) groups excluding carboxylic acids is 1. The van der Waals surface area contributed by atoms with Crippen molar-refractivity contribution in [3.63, 3.8) is 0 Å². The average Bonchev–Trinajstić information content (AvgIpc) is 3.18. The van der Waals surface area contributed by atoms with E-state index in [0.717, 1.165) is 4.90 Å². The summed E-state index contributed by atoms with van der Waals surface area (Å²) in [4.78, 5) is 18.0. The van der Waals surface area contributed by atoms with Gasteiger partial charge in [-0.2, -0.15) is 5.26 Å². The Morgan fingerprint density at radius 1 is 1.46 bits per heavy atom. The van der Waals surface area contributed by atoms with Crippen LogP contribution >= 0.6 is 0 Å². The quantitative estimate of drug-likeness (QED) is 0.705. The molecule has 0 N–H and O–H groups in total. The lowest BCUT2D eigenvalue weighted by atomic mass is 10.0. The van der Waals surface area contributed by atoms with Crippen molar-refractivity contribution in [1.29, 1.82) is 5.26 Å². The highest BCUT2D eigenvalue weighted by atomic mass is 16.5. The summed E-state index contributed by atoms with van der Waals surface area (Å²) in [5.74, 6) is -0.630. The fourth-order valence-electron chi connectivity index (χ4n) is 3.02. The van der Waals surface area contributed by atoms with Crippen molar-refractivity contribution in [3.05, 3.63) is 70.5 Å². The molecule has 3 rings (SSSR count). The minimum atomic E-state index is -2.89. The van der Waals surface area contributed by atoms with Crippen molar-refractivity contribution in [2.24, 2.45) is 0 Å². The lowest BCUT2D eigenvalue weighted by Gasteiger charge is -2.34. The fraction of sp³-hybridized carbons (Fsp3) is 0.348. The number of carbonyl (C=O) groups is 1. The van der Waals surface area contributed by atoms with E-state index < -0.39 is 54.1 Å². The zero-order chi connectivity index (χ0) is 27.2. The molecule has 0 aliphatic carbocycles. The number of likely N-dealkylation sites (tertiary alicyclic amines) is 1. The smallest absolute Gasteiger partial charge is 0.266 e. The van der Waals surface area contributed by atoms with Crippen LogP contribution in [-0.2, 0) is 4.79 Å². The molecule has 1 atom stereocenters. The number of ether oxygens (including phenoxy) is 1. The van der Waals surface area contributed by atoms with Gasteiger partial charge in [-0.15, -0.1) is 0 Å². The number of benzene rings is 2. The van der Waals surface area contributed by atoms with Crippen molar-refractivity contribution >= 4 is 11.6 Å². The average molecular weight is 382 g/mol. The predicted molar refractivity (Wildman–Crippen MR) is 107 cm³/mol. The zero-order valence-electron chi connectivity index (χ0n) is 23.5. The third kappa shape index (κ3) is 3.85. The molecule has 0 radical (unpaired) electrons. The molecule has 1 aliphatic rings. The molecule has 2 aromatic carbocycles. The summed E-state index contributed by atoms with van der Waals surface area (Å²) in [6.45, 7) is 7.13. The zero-order valence-corrected chi connectivity index (χ0v) is 15.5. The van der Waals surface area contributed by atoms with Crippen LogP contribution in [0, 0.1) is 24.8 Å². The number of nitriles is 1. The number of rotatable bonds is 4. The Morgan fingerprint density at radius 2 is 2.21 bits per heavy atom. The maximum absolute atomic E-state index is 13.6. The lowest BCUT2D eigenvalue weighted by molar-refractivity contribution is -0.146. The van der Waals surface area contributed by atoms with Crippen LogP contribution in [0.5, 0.6) is 5.75 Å². The van der Waals surface area contributed by atoms with Gasteiger partial charge < -0.3 is 9.64 Å². The highest BCUT2D eigenvalue weighted by Gasteiger charge is 2.40. The second-order valence-electron chi connectivity index (χ2n) is 6.77. The van der Waals surface area contributed by atoms with Crippen LogP contribution < -0.4 is 4.74 Å². The molecule has 0 bridgehead atoms. The van der Waals surface area contributed by atoms with Crippen LogP contribution in [0.2, 0.25) is 0 Å². The van der Waals surface area contributed by atoms with Crippen LogP contribution in [0.1, 0.15) is 60.4 Å². The highest BCUT2D eigenvalue weighted by molar-refractivity contribution is 5.85. The number of hydrogen-bond donors (Lipinski definition) is 0. The van der Waals surface area contributed by atoms with Crippen LogP contribution in [0.25, 0.3) is 4.85 Å². The number of amides is 1. The van der Waals surface area contributed by atoms with Gasteiger partial charge in [-0.1, -0.05) is 35.8 Å². The third-order valence-electron chi connectivity index (χ3n) is 4.37. The highest BCUT2D eigenvalue weighted by Crippen LogP contribution is 2.35. The normalized spacial score (nSPS) is 23.5. The van der Waals surface area contributed by atoms with E-state index in [9.17, 15) is 10.1 Å². The summed E-state index contributed by atoms with van der Waals surface area (Å²) in [7, 11) is 0. The van der Waals surface area contributed by atoms with Gasteiger partial charge in [0.2, 0.25) is 0 Å². The maximum atomic E-state index is 13.6. The predicted octanol–water partition coefficient (Wildman–Crippen LogP) is 4.94. The second kappa shape index (κ2) is 7.74. The van der Waals surface area contributed by atoms with E-state index in [2.05, 4.69) is 4.85 Å². The molecular weight excluding hydrogens is 350 g/mol. The van der Waals surface area contributed by atoms with E-state index in [4.69, 9.17) is 22.3 Å². The molecule has 0 aromatic heterocycles. The van der Waals surface area contributed by atoms with Gasteiger partial charge >= 0.3 is 0 Å². The Balaban J connectivity index is 2.07. The lowest BCUT2D eigenvalue weighted by Crippen LogP contribution is -2.48. The van der Waals surface area contributed by atoms with E-state index in [1.807, 2.05) is 6.07 Å². The molecule has 1 amide bonds. The van der Waals surface area contributed by atoms with Crippen molar-refractivity contribution in [2.75, 3.05) is 6.54 Å². The van der Waals surface area contributed by atoms with Crippen LogP contribution in [0.3, 0.4) is 0 Å². The first kappa shape index (κ1) is 11.5. The molecule has 142 valence electrons. The van der Waals surface area contributed by atoms with Crippen molar-refractivity contribution in [2.45, 2.75) is 45.2 Å². The number of nitrogens with zero attached hydrogens (tertiary/aromatic N) is 3. The third-order valence-corrected chi connectivity index (χ3v) is 4.37.